The first-order valence-electron chi connectivity index (χ1n) is 9.29. The minimum atomic E-state index is -4.55. The van der Waals surface area contributed by atoms with E-state index in [2.05, 4.69) is 10.1 Å². The third-order valence-electron chi connectivity index (χ3n) is 5.14. The third kappa shape index (κ3) is 3.66. The topological polar surface area (TPSA) is 60.2 Å². The van der Waals surface area contributed by atoms with Crippen molar-refractivity contribution in [2.24, 2.45) is 0 Å². The first-order valence-corrected chi connectivity index (χ1v) is 9.29. The van der Waals surface area contributed by atoms with Gasteiger partial charge in [-0.15, -0.1) is 0 Å². The summed E-state index contributed by atoms with van der Waals surface area (Å²) < 4.78 is 60.0. The molecular formula is C20H19F4N3O2. The number of ether oxygens (including phenoxy) is 1. The largest absolute Gasteiger partial charge is 0.507 e. The van der Waals surface area contributed by atoms with E-state index in [-0.39, 0.29) is 18.6 Å². The number of fused-ring (bicyclic) bond motifs is 1. The fourth-order valence-corrected chi connectivity index (χ4v) is 3.64. The molecule has 0 saturated carbocycles. The highest BCUT2D eigenvalue weighted by Crippen LogP contribution is 2.39. The van der Waals surface area contributed by atoms with Crippen LogP contribution in [0.25, 0.3) is 22.3 Å². The van der Waals surface area contributed by atoms with Crippen molar-refractivity contribution in [1.82, 2.24) is 14.8 Å². The monoisotopic (exact) mass is 409 g/mol. The number of hydrogen-bond acceptors (Lipinski definition) is 4. The molecule has 4 rings (SSSR count). The molecule has 1 N–H and O–H groups in total. The SMILES string of the molecule is CCc1cc(C(F)(F)F)cc(O)c1-c1ccc2cn([C@@H]3CCOC[C@H]3F)nc2n1. The van der Waals surface area contributed by atoms with Crippen LogP contribution >= 0.6 is 0 Å². The van der Waals surface area contributed by atoms with E-state index in [0.29, 0.717) is 41.4 Å². The lowest BCUT2D eigenvalue weighted by Gasteiger charge is -2.25. The summed E-state index contributed by atoms with van der Waals surface area (Å²) in [6.07, 6.45) is -3.26. The number of aryl methyl sites for hydroxylation is 1. The number of halogens is 4. The fraction of sp³-hybridized carbons (Fsp3) is 0.400. The summed E-state index contributed by atoms with van der Waals surface area (Å²) in [6.45, 7) is 2.16. The Balaban J connectivity index is 1.77. The Morgan fingerprint density at radius 2 is 2.07 bits per heavy atom. The van der Waals surface area contributed by atoms with Crippen LogP contribution in [0.2, 0.25) is 0 Å². The molecule has 0 spiro atoms. The first-order chi connectivity index (χ1) is 13.8. The molecule has 29 heavy (non-hydrogen) atoms. The van der Waals surface area contributed by atoms with Crippen molar-refractivity contribution in [1.29, 1.82) is 0 Å². The summed E-state index contributed by atoms with van der Waals surface area (Å²) in [6, 6.07) is 4.60. The van der Waals surface area contributed by atoms with E-state index >= 15 is 0 Å². The lowest BCUT2D eigenvalue weighted by atomic mass is 9.97. The molecule has 0 unspecified atom stereocenters. The lowest BCUT2D eigenvalue weighted by Crippen LogP contribution is -2.31. The highest BCUT2D eigenvalue weighted by molar-refractivity contribution is 5.80. The second kappa shape index (κ2) is 7.29. The Kier molecular flexibility index (Phi) is 4.94. The number of nitrogens with zero attached hydrogens (tertiary/aromatic N) is 3. The number of phenolic OH excluding ortho intramolecular Hbond substituents is 1. The molecule has 1 fully saturated rings. The van der Waals surface area contributed by atoms with Gasteiger partial charge in [0.15, 0.2) is 5.65 Å². The molecule has 2 aromatic heterocycles. The predicted octanol–water partition coefficient (Wildman–Crippen LogP) is 4.68. The van der Waals surface area contributed by atoms with E-state index in [4.69, 9.17) is 4.74 Å². The Morgan fingerprint density at radius 1 is 1.28 bits per heavy atom. The van der Waals surface area contributed by atoms with Crippen LogP contribution < -0.4 is 0 Å². The van der Waals surface area contributed by atoms with Gasteiger partial charge in [-0.3, -0.25) is 4.68 Å². The van der Waals surface area contributed by atoms with Gasteiger partial charge < -0.3 is 9.84 Å². The van der Waals surface area contributed by atoms with E-state index in [0.717, 1.165) is 6.07 Å². The molecule has 1 aliphatic heterocycles. The smallest absolute Gasteiger partial charge is 0.416 e. The molecule has 1 saturated heterocycles. The Bertz CT molecular complexity index is 1050. The van der Waals surface area contributed by atoms with E-state index in [1.54, 1.807) is 25.3 Å². The average Bonchev–Trinajstić information content (AvgIpc) is 3.09. The van der Waals surface area contributed by atoms with Crippen molar-refractivity contribution in [3.8, 4) is 17.0 Å². The zero-order valence-corrected chi connectivity index (χ0v) is 15.6. The summed E-state index contributed by atoms with van der Waals surface area (Å²) in [4.78, 5) is 4.42. The normalized spacial score (nSPS) is 20.3. The molecule has 5 nitrogen and oxygen atoms in total. The van der Waals surface area contributed by atoms with Crippen molar-refractivity contribution in [2.75, 3.05) is 13.2 Å². The number of phenols is 1. The molecule has 9 heteroatoms. The molecule has 154 valence electrons. The fourth-order valence-electron chi connectivity index (χ4n) is 3.64. The zero-order valence-electron chi connectivity index (χ0n) is 15.6. The van der Waals surface area contributed by atoms with E-state index in [1.165, 1.54) is 4.68 Å². The van der Waals surface area contributed by atoms with Crippen LogP contribution in [0.1, 0.15) is 30.5 Å². The van der Waals surface area contributed by atoms with Crippen LogP contribution in [-0.2, 0) is 17.3 Å². The van der Waals surface area contributed by atoms with Crippen LogP contribution in [0.15, 0.2) is 30.5 Å². The predicted molar refractivity (Wildman–Crippen MR) is 98.4 cm³/mol. The minimum absolute atomic E-state index is 0.0127. The Labute approximate surface area is 163 Å². The van der Waals surface area contributed by atoms with Crippen molar-refractivity contribution < 1.29 is 27.4 Å². The Hall–Kier alpha value is -2.68. The third-order valence-corrected chi connectivity index (χ3v) is 5.14. The van der Waals surface area contributed by atoms with Gasteiger partial charge in [-0.25, -0.2) is 9.37 Å². The van der Waals surface area contributed by atoms with E-state index < -0.39 is 29.7 Å². The molecule has 0 radical (unpaired) electrons. The van der Waals surface area contributed by atoms with Crippen molar-refractivity contribution in [3.63, 3.8) is 0 Å². The number of aromatic nitrogens is 3. The number of hydrogen-bond donors (Lipinski definition) is 1. The van der Waals surface area contributed by atoms with Gasteiger partial charge in [0.1, 0.15) is 11.9 Å². The van der Waals surface area contributed by atoms with Crippen LogP contribution in [0.4, 0.5) is 17.6 Å². The lowest BCUT2D eigenvalue weighted by molar-refractivity contribution is -0.137. The van der Waals surface area contributed by atoms with Crippen molar-refractivity contribution in [2.45, 2.75) is 38.2 Å². The van der Waals surface area contributed by atoms with Gasteiger partial charge in [0.25, 0.3) is 0 Å². The Morgan fingerprint density at radius 3 is 2.76 bits per heavy atom. The molecular weight excluding hydrogens is 390 g/mol. The van der Waals surface area contributed by atoms with Gasteiger partial charge in [0.2, 0.25) is 0 Å². The van der Waals surface area contributed by atoms with Gasteiger partial charge in [-0.05, 0) is 42.7 Å². The standard InChI is InChI=1S/C20H19F4N3O2/c1-2-11-7-13(20(22,23)24)8-17(28)18(11)15-4-3-12-9-27(26-19(12)25-15)16-5-6-29-10-14(16)21/h3-4,7-9,14,16,28H,2,5-6,10H2,1H3/t14-,16-/m1/s1. The molecule has 0 aliphatic carbocycles. The molecule has 0 amide bonds. The quantitative estimate of drug-likeness (QED) is 0.638. The average molecular weight is 409 g/mol. The maximum Gasteiger partial charge on any atom is 0.416 e. The number of pyridine rings is 1. The van der Waals surface area contributed by atoms with Crippen LogP contribution in [0.3, 0.4) is 0 Å². The molecule has 3 aromatic rings. The van der Waals surface area contributed by atoms with Gasteiger partial charge in [-0.2, -0.15) is 18.3 Å². The van der Waals surface area contributed by atoms with Crippen LogP contribution in [0, 0.1) is 0 Å². The summed E-state index contributed by atoms with van der Waals surface area (Å²) in [5.74, 6) is -0.490. The number of rotatable bonds is 3. The maximum atomic E-state index is 14.2. The highest BCUT2D eigenvalue weighted by atomic mass is 19.4. The molecule has 2 atom stereocenters. The summed E-state index contributed by atoms with van der Waals surface area (Å²) in [5, 5.41) is 15.3. The summed E-state index contributed by atoms with van der Waals surface area (Å²) >= 11 is 0. The summed E-state index contributed by atoms with van der Waals surface area (Å²) in [7, 11) is 0. The van der Waals surface area contributed by atoms with Crippen molar-refractivity contribution >= 4 is 11.0 Å². The summed E-state index contributed by atoms with van der Waals surface area (Å²) in [5.41, 5.74) is 0.315. The highest BCUT2D eigenvalue weighted by Gasteiger charge is 2.32. The van der Waals surface area contributed by atoms with E-state index in [1.807, 2.05) is 0 Å². The van der Waals surface area contributed by atoms with Gasteiger partial charge >= 0.3 is 6.18 Å². The van der Waals surface area contributed by atoms with Gasteiger partial charge in [0.05, 0.1) is 23.9 Å². The second-order valence-electron chi connectivity index (χ2n) is 7.05. The van der Waals surface area contributed by atoms with Crippen molar-refractivity contribution in [3.05, 3.63) is 41.6 Å². The number of benzene rings is 1. The minimum Gasteiger partial charge on any atom is -0.507 e. The molecule has 1 aromatic carbocycles. The molecule has 1 aliphatic rings. The first kappa shape index (κ1) is 19.6. The maximum absolute atomic E-state index is 14.2. The number of alkyl halides is 4. The second-order valence-corrected chi connectivity index (χ2v) is 7.05. The van der Waals surface area contributed by atoms with Gasteiger partial charge in [0, 0.05) is 23.8 Å². The van der Waals surface area contributed by atoms with E-state index in [9.17, 15) is 22.7 Å². The van der Waals surface area contributed by atoms with Gasteiger partial charge in [-0.1, -0.05) is 6.92 Å². The molecule has 0 bridgehead atoms. The molecule has 3 heterocycles. The number of aromatic hydroxyl groups is 1. The van der Waals surface area contributed by atoms with Crippen LogP contribution in [0.5, 0.6) is 5.75 Å². The van der Waals surface area contributed by atoms with Crippen LogP contribution in [-0.4, -0.2) is 39.3 Å². The zero-order chi connectivity index (χ0) is 20.8.